The molecule has 1 atom stereocenters. The van der Waals surface area contributed by atoms with E-state index in [2.05, 4.69) is 34.6 Å². The second-order valence-electron chi connectivity index (χ2n) is 8.07. The van der Waals surface area contributed by atoms with Gasteiger partial charge in [-0.2, -0.15) is 0 Å². The van der Waals surface area contributed by atoms with Gasteiger partial charge in [-0.05, 0) is 43.9 Å². The molecular weight excluding hydrogens is 326 g/mol. The summed E-state index contributed by atoms with van der Waals surface area (Å²) in [4.78, 5) is 16.7. The highest BCUT2D eigenvalue weighted by Crippen LogP contribution is 2.42. The number of quaternary nitrogens is 1. The molecule has 2 aliphatic heterocycles. The number of carbonyl (C=O) groups is 1. The van der Waals surface area contributed by atoms with Crippen LogP contribution in [-0.2, 0) is 22.5 Å². The number of nitrogens with zero attached hydrogens (tertiary/aromatic N) is 2. The Bertz CT molecular complexity index is 851. The zero-order valence-corrected chi connectivity index (χ0v) is 15.6. The molecule has 0 radical (unpaired) electrons. The van der Waals surface area contributed by atoms with E-state index in [4.69, 9.17) is 4.74 Å². The van der Waals surface area contributed by atoms with Crippen molar-refractivity contribution in [3.05, 3.63) is 35.0 Å². The fourth-order valence-electron chi connectivity index (χ4n) is 5.17. The number of rotatable bonds is 2. The first-order valence-corrected chi connectivity index (χ1v) is 10.0. The van der Waals surface area contributed by atoms with Crippen molar-refractivity contribution in [3.8, 4) is 0 Å². The lowest BCUT2D eigenvalue weighted by molar-refractivity contribution is -0.900. The van der Waals surface area contributed by atoms with Crippen molar-refractivity contribution in [3.63, 3.8) is 0 Å². The van der Waals surface area contributed by atoms with Gasteiger partial charge in [0.05, 0.1) is 19.3 Å². The SMILES string of the molecule is Cc1ccc2c(c1)c1c3n2CCN(C(=O)C[NH+]2CCOCC2)[C@@H]3CCC1. The summed E-state index contributed by atoms with van der Waals surface area (Å²) in [6.45, 7) is 8.03. The first-order chi connectivity index (χ1) is 12.7. The quantitative estimate of drug-likeness (QED) is 0.877. The molecule has 1 saturated heterocycles. The number of aromatic nitrogens is 1. The first kappa shape index (κ1) is 16.3. The van der Waals surface area contributed by atoms with Gasteiger partial charge < -0.3 is 19.1 Å². The van der Waals surface area contributed by atoms with Crippen LogP contribution in [0.2, 0.25) is 0 Å². The molecule has 0 spiro atoms. The van der Waals surface area contributed by atoms with E-state index in [1.54, 1.807) is 0 Å². The molecule has 3 aliphatic rings. The van der Waals surface area contributed by atoms with E-state index >= 15 is 0 Å². The van der Waals surface area contributed by atoms with Crippen molar-refractivity contribution in [2.45, 2.75) is 38.8 Å². The number of carbonyl (C=O) groups excluding carboxylic acids is 1. The summed E-state index contributed by atoms with van der Waals surface area (Å²) in [5.41, 5.74) is 5.60. The standard InChI is InChI=1S/C21H27N3O2/c1-15-5-6-18-17(13-15)16-3-2-4-19-21(16)24(18)8-7-23(19)20(25)14-22-9-11-26-12-10-22/h5-6,13,19H,2-4,7-12,14H2,1H3/p+1/t19-/m1/s1. The Balaban J connectivity index is 1.48. The third-order valence-electron chi connectivity index (χ3n) is 6.45. The van der Waals surface area contributed by atoms with E-state index in [-0.39, 0.29) is 6.04 Å². The molecule has 2 aromatic rings. The average Bonchev–Trinajstić information content (AvgIpc) is 2.98. The smallest absolute Gasteiger partial charge is 0.278 e. The molecule has 5 heteroatoms. The Morgan fingerprint density at radius 3 is 2.96 bits per heavy atom. The lowest BCUT2D eigenvalue weighted by Crippen LogP contribution is -3.15. The van der Waals surface area contributed by atoms with Crippen LogP contribution in [0.25, 0.3) is 10.9 Å². The van der Waals surface area contributed by atoms with Gasteiger partial charge in [-0.3, -0.25) is 4.79 Å². The zero-order valence-electron chi connectivity index (χ0n) is 15.6. The molecule has 1 aliphatic carbocycles. The van der Waals surface area contributed by atoms with Crippen molar-refractivity contribution in [1.29, 1.82) is 0 Å². The second-order valence-corrected chi connectivity index (χ2v) is 8.07. The Morgan fingerprint density at radius 1 is 1.27 bits per heavy atom. The van der Waals surface area contributed by atoms with Crippen LogP contribution in [0.3, 0.4) is 0 Å². The first-order valence-electron chi connectivity index (χ1n) is 10.0. The Kier molecular flexibility index (Phi) is 4.02. The number of aryl methyl sites for hydroxylation is 2. The summed E-state index contributed by atoms with van der Waals surface area (Å²) < 4.78 is 7.93. The minimum atomic E-state index is 0.271. The van der Waals surface area contributed by atoms with E-state index in [9.17, 15) is 4.79 Å². The maximum Gasteiger partial charge on any atom is 0.278 e. The number of benzene rings is 1. The summed E-state index contributed by atoms with van der Waals surface area (Å²) in [7, 11) is 0. The van der Waals surface area contributed by atoms with Gasteiger partial charge in [0, 0.05) is 29.7 Å². The van der Waals surface area contributed by atoms with Crippen LogP contribution in [-0.4, -0.2) is 54.8 Å². The molecule has 1 aromatic heterocycles. The monoisotopic (exact) mass is 354 g/mol. The number of ether oxygens (including phenoxy) is 1. The predicted molar refractivity (Wildman–Crippen MR) is 100 cm³/mol. The van der Waals surface area contributed by atoms with Crippen molar-refractivity contribution in [2.75, 3.05) is 39.4 Å². The Morgan fingerprint density at radius 2 is 2.12 bits per heavy atom. The van der Waals surface area contributed by atoms with Crippen LogP contribution in [0.1, 0.15) is 35.7 Å². The normalized spacial score (nSPS) is 23.3. The van der Waals surface area contributed by atoms with Gasteiger partial charge in [-0.25, -0.2) is 0 Å². The molecule has 1 N–H and O–H groups in total. The lowest BCUT2D eigenvalue weighted by atomic mass is 9.89. The van der Waals surface area contributed by atoms with Crippen molar-refractivity contribution < 1.29 is 14.4 Å². The van der Waals surface area contributed by atoms with Crippen LogP contribution in [0, 0.1) is 6.92 Å². The number of amides is 1. The molecule has 1 fully saturated rings. The summed E-state index contributed by atoms with van der Waals surface area (Å²) >= 11 is 0. The van der Waals surface area contributed by atoms with Gasteiger partial charge in [-0.15, -0.1) is 0 Å². The predicted octanol–water partition coefficient (Wildman–Crippen LogP) is 1.08. The highest BCUT2D eigenvalue weighted by atomic mass is 16.5. The highest BCUT2D eigenvalue weighted by Gasteiger charge is 2.37. The van der Waals surface area contributed by atoms with E-state index in [0.717, 1.165) is 52.2 Å². The van der Waals surface area contributed by atoms with E-state index in [1.807, 2.05) is 0 Å². The fraction of sp³-hybridized carbons (Fsp3) is 0.571. The summed E-state index contributed by atoms with van der Waals surface area (Å²) in [6, 6.07) is 7.09. The molecular formula is C21H28N3O2+. The van der Waals surface area contributed by atoms with Gasteiger partial charge in [-0.1, -0.05) is 11.6 Å². The van der Waals surface area contributed by atoms with Crippen LogP contribution in [0.5, 0.6) is 0 Å². The Hall–Kier alpha value is -1.85. The Labute approximate surface area is 154 Å². The maximum absolute atomic E-state index is 13.1. The third-order valence-corrected chi connectivity index (χ3v) is 6.45. The second kappa shape index (κ2) is 6.39. The number of morpholine rings is 1. The van der Waals surface area contributed by atoms with Crippen LogP contribution < -0.4 is 4.90 Å². The molecule has 138 valence electrons. The molecule has 0 bridgehead atoms. The van der Waals surface area contributed by atoms with Crippen LogP contribution in [0.4, 0.5) is 0 Å². The fourth-order valence-corrected chi connectivity index (χ4v) is 5.17. The highest BCUT2D eigenvalue weighted by molar-refractivity contribution is 5.87. The zero-order chi connectivity index (χ0) is 17.7. The van der Waals surface area contributed by atoms with E-state index < -0.39 is 0 Å². The molecule has 1 amide bonds. The van der Waals surface area contributed by atoms with Crippen LogP contribution in [0.15, 0.2) is 18.2 Å². The summed E-state index contributed by atoms with van der Waals surface area (Å²) in [5.74, 6) is 0.326. The number of hydrogen-bond acceptors (Lipinski definition) is 2. The van der Waals surface area contributed by atoms with Gasteiger partial charge >= 0.3 is 0 Å². The lowest BCUT2D eigenvalue weighted by Gasteiger charge is -2.40. The van der Waals surface area contributed by atoms with Crippen LogP contribution >= 0.6 is 0 Å². The van der Waals surface area contributed by atoms with Crippen molar-refractivity contribution >= 4 is 16.8 Å². The van der Waals surface area contributed by atoms with E-state index in [1.165, 1.54) is 39.0 Å². The minimum absolute atomic E-state index is 0.271. The maximum atomic E-state index is 13.1. The average molecular weight is 354 g/mol. The number of nitrogens with one attached hydrogen (secondary N) is 1. The summed E-state index contributed by atoms with van der Waals surface area (Å²) in [6.07, 6.45) is 3.43. The molecule has 26 heavy (non-hydrogen) atoms. The molecule has 1 aromatic carbocycles. The minimum Gasteiger partial charge on any atom is -0.370 e. The molecule has 0 unspecified atom stereocenters. The summed E-state index contributed by atoms with van der Waals surface area (Å²) in [5, 5.41) is 1.41. The largest absolute Gasteiger partial charge is 0.370 e. The number of hydrogen-bond donors (Lipinski definition) is 1. The van der Waals surface area contributed by atoms with E-state index in [0.29, 0.717) is 12.5 Å². The van der Waals surface area contributed by atoms with Crippen molar-refractivity contribution in [2.24, 2.45) is 0 Å². The molecule has 0 saturated carbocycles. The van der Waals surface area contributed by atoms with Gasteiger partial charge in [0.1, 0.15) is 13.1 Å². The molecule has 5 nitrogen and oxygen atoms in total. The molecule has 3 heterocycles. The van der Waals surface area contributed by atoms with Gasteiger partial charge in [0.25, 0.3) is 5.91 Å². The third kappa shape index (κ3) is 2.57. The topological polar surface area (TPSA) is 38.9 Å². The molecule has 5 rings (SSSR count). The van der Waals surface area contributed by atoms with Gasteiger partial charge in [0.2, 0.25) is 0 Å². The van der Waals surface area contributed by atoms with Crippen molar-refractivity contribution in [1.82, 2.24) is 9.47 Å². The van der Waals surface area contributed by atoms with Gasteiger partial charge in [0.15, 0.2) is 6.54 Å². The number of fused-ring (bicyclic) bond motifs is 3.